The summed E-state index contributed by atoms with van der Waals surface area (Å²) in [6.07, 6.45) is 0.672. The second-order valence-electron chi connectivity index (χ2n) is 6.31. The first-order chi connectivity index (χ1) is 11.7. The first kappa shape index (κ1) is 15.1. The highest BCUT2D eigenvalue weighted by atomic mass is 16.2. The molecule has 0 aliphatic carbocycles. The maximum absolute atomic E-state index is 12.8. The molecule has 2 aliphatic rings. The number of carbonyl (C=O) groups is 2. The second kappa shape index (κ2) is 6.20. The summed E-state index contributed by atoms with van der Waals surface area (Å²) >= 11 is 0. The third-order valence-electron chi connectivity index (χ3n) is 4.88. The molecule has 2 aliphatic heterocycles. The number of hydrogen-bond donors (Lipinski definition) is 1. The Labute approximate surface area is 140 Å². The van der Waals surface area contributed by atoms with Crippen LogP contribution in [-0.2, 0) is 4.79 Å². The molecule has 1 aromatic heterocycles. The number of nitrogens with zero attached hydrogens (tertiary/aromatic N) is 3. The molecule has 124 valence electrons. The summed E-state index contributed by atoms with van der Waals surface area (Å²) < 4.78 is 0. The maximum Gasteiger partial charge on any atom is 0.272 e. The zero-order valence-electron chi connectivity index (χ0n) is 13.4. The number of para-hydroxylation sites is 1. The van der Waals surface area contributed by atoms with Crippen molar-refractivity contribution < 1.29 is 9.59 Å². The normalized spacial score (nSPS) is 21.9. The summed E-state index contributed by atoms with van der Waals surface area (Å²) in [6, 6.07) is 11.4. The molecule has 0 bridgehead atoms. The first-order valence-corrected chi connectivity index (χ1v) is 8.39. The number of aromatic nitrogens is 1. The molecule has 2 amide bonds. The van der Waals surface area contributed by atoms with Gasteiger partial charge in [0.15, 0.2) is 0 Å². The molecule has 3 heterocycles. The molecule has 1 unspecified atom stereocenters. The van der Waals surface area contributed by atoms with Crippen molar-refractivity contribution in [3.8, 4) is 0 Å². The minimum Gasteiger partial charge on any atom is -0.353 e. The summed E-state index contributed by atoms with van der Waals surface area (Å²) in [5.74, 6) is 0.0281. The molecule has 1 atom stereocenters. The molecule has 0 radical (unpaired) electrons. The first-order valence-electron chi connectivity index (χ1n) is 8.39. The van der Waals surface area contributed by atoms with Crippen LogP contribution in [0.2, 0.25) is 0 Å². The molecule has 1 N–H and O–H groups in total. The van der Waals surface area contributed by atoms with Gasteiger partial charge in [0, 0.05) is 38.1 Å². The Hall–Kier alpha value is -2.47. The molecule has 2 fully saturated rings. The molecule has 24 heavy (non-hydrogen) atoms. The van der Waals surface area contributed by atoms with E-state index in [2.05, 4.69) is 15.2 Å². The molecule has 2 saturated heterocycles. The number of nitrogens with one attached hydrogen (secondary N) is 1. The van der Waals surface area contributed by atoms with Gasteiger partial charge in [-0.05, 0) is 18.6 Å². The SMILES string of the molecule is O=C1NCCN2CCN(C(=O)c3ccc4ccccc4n3)CCC12. The van der Waals surface area contributed by atoms with Gasteiger partial charge in [0.25, 0.3) is 5.91 Å². The van der Waals surface area contributed by atoms with Crippen molar-refractivity contribution >= 4 is 22.7 Å². The lowest BCUT2D eigenvalue weighted by atomic mass is 10.1. The smallest absolute Gasteiger partial charge is 0.272 e. The van der Waals surface area contributed by atoms with Crippen molar-refractivity contribution in [3.63, 3.8) is 0 Å². The van der Waals surface area contributed by atoms with E-state index in [0.29, 0.717) is 31.7 Å². The van der Waals surface area contributed by atoms with E-state index in [1.807, 2.05) is 35.2 Å². The van der Waals surface area contributed by atoms with Gasteiger partial charge in [-0.15, -0.1) is 0 Å². The van der Waals surface area contributed by atoms with E-state index in [9.17, 15) is 9.59 Å². The van der Waals surface area contributed by atoms with Crippen LogP contribution < -0.4 is 5.32 Å². The van der Waals surface area contributed by atoms with E-state index >= 15 is 0 Å². The molecule has 0 spiro atoms. The highest BCUT2D eigenvalue weighted by molar-refractivity contribution is 5.95. The summed E-state index contributed by atoms with van der Waals surface area (Å²) in [6.45, 7) is 3.50. The molecule has 4 rings (SSSR count). The zero-order valence-corrected chi connectivity index (χ0v) is 13.4. The Bertz CT molecular complexity index is 791. The fourth-order valence-electron chi connectivity index (χ4n) is 3.53. The Morgan fingerprint density at radius 1 is 1.08 bits per heavy atom. The lowest BCUT2D eigenvalue weighted by Crippen LogP contribution is -2.55. The lowest BCUT2D eigenvalue weighted by Gasteiger charge is -2.32. The summed E-state index contributed by atoms with van der Waals surface area (Å²) in [4.78, 5) is 33.3. The number of pyridine rings is 1. The topological polar surface area (TPSA) is 65.5 Å². The highest BCUT2D eigenvalue weighted by Gasteiger charge is 2.33. The van der Waals surface area contributed by atoms with Crippen molar-refractivity contribution in [2.75, 3.05) is 32.7 Å². The van der Waals surface area contributed by atoms with Crippen LogP contribution in [0.15, 0.2) is 36.4 Å². The standard InChI is InChI=1S/C18H20N4O2/c23-17-16-7-9-22(12-11-21(16)10-8-19-17)18(24)15-6-5-13-3-1-2-4-14(13)20-15/h1-6,16H,7-12H2,(H,19,23). The summed E-state index contributed by atoms with van der Waals surface area (Å²) in [7, 11) is 0. The zero-order chi connectivity index (χ0) is 16.5. The number of amides is 2. The van der Waals surface area contributed by atoms with E-state index < -0.39 is 0 Å². The van der Waals surface area contributed by atoms with Gasteiger partial charge in [-0.3, -0.25) is 14.5 Å². The number of carbonyl (C=O) groups excluding carboxylic acids is 2. The Morgan fingerprint density at radius 2 is 1.96 bits per heavy atom. The van der Waals surface area contributed by atoms with Crippen LogP contribution in [0.4, 0.5) is 0 Å². The molecule has 6 heteroatoms. The maximum atomic E-state index is 12.8. The third kappa shape index (κ3) is 2.73. The molecule has 2 aromatic rings. The van der Waals surface area contributed by atoms with Crippen molar-refractivity contribution in [1.82, 2.24) is 20.1 Å². The molecule has 1 aromatic carbocycles. The fourth-order valence-corrected chi connectivity index (χ4v) is 3.53. The Balaban J connectivity index is 1.54. The van der Waals surface area contributed by atoms with E-state index in [1.54, 1.807) is 6.07 Å². The van der Waals surface area contributed by atoms with Crippen LogP contribution in [0, 0.1) is 0 Å². The highest BCUT2D eigenvalue weighted by Crippen LogP contribution is 2.17. The van der Waals surface area contributed by atoms with Gasteiger partial charge in [-0.2, -0.15) is 0 Å². The molecule has 0 saturated carbocycles. The Morgan fingerprint density at radius 3 is 2.88 bits per heavy atom. The second-order valence-corrected chi connectivity index (χ2v) is 6.31. The van der Waals surface area contributed by atoms with Crippen molar-refractivity contribution in [3.05, 3.63) is 42.1 Å². The number of benzene rings is 1. The number of hydrogen-bond acceptors (Lipinski definition) is 4. The average molecular weight is 324 g/mol. The third-order valence-corrected chi connectivity index (χ3v) is 4.88. The van der Waals surface area contributed by atoms with Gasteiger partial charge in [0.05, 0.1) is 11.6 Å². The quantitative estimate of drug-likeness (QED) is 0.846. The van der Waals surface area contributed by atoms with Crippen LogP contribution in [0.5, 0.6) is 0 Å². The van der Waals surface area contributed by atoms with Gasteiger partial charge in [-0.1, -0.05) is 24.3 Å². The molecule has 6 nitrogen and oxygen atoms in total. The number of piperazine rings is 1. The van der Waals surface area contributed by atoms with E-state index in [0.717, 1.165) is 24.0 Å². The van der Waals surface area contributed by atoms with Crippen LogP contribution >= 0.6 is 0 Å². The monoisotopic (exact) mass is 324 g/mol. The number of fused-ring (bicyclic) bond motifs is 2. The van der Waals surface area contributed by atoms with E-state index in [4.69, 9.17) is 0 Å². The van der Waals surface area contributed by atoms with E-state index in [1.165, 1.54) is 0 Å². The van der Waals surface area contributed by atoms with Gasteiger partial charge >= 0.3 is 0 Å². The largest absolute Gasteiger partial charge is 0.353 e. The van der Waals surface area contributed by atoms with Gasteiger partial charge in [-0.25, -0.2) is 4.98 Å². The lowest BCUT2D eigenvalue weighted by molar-refractivity contribution is -0.128. The molecular weight excluding hydrogens is 304 g/mol. The van der Waals surface area contributed by atoms with Crippen LogP contribution in [0.3, 0.4) is 0 Å². The summed E-state index contributed by atoms with van der Waals surface area (Å²) in [5.41, 5.74) is 1.30. The minimum atomic E-state index is -0.110. The van der Waals surface area contributed by atoms with Crippen LogP contribution in [0.25, 0.3) is 10.9 Å². The van der Waals surface area contributed by atoms with E-state index in [-0.39, 0.29) is 17.9 Å². The summed E-state index contributed by atoms with van der Waals surface area (Å²) in [5, 5.41) is 3.94. The fraction of sp³-hybridized carbons (Fsp3) is 0.389. The average Bonchev–Trinajstić information content (AvgIpc) is 2.84. The molecular formula is C18H20N4O2. The van der Waals surface area contributed by atoms with Crippen molar-refractivity contribution in [2.24, 2.45) is 0 Å². The predicted molar refractivity (Wildman–Crippen MR) is 90.6 cm³/mol. The predicted octanol–water partition coefficient (Wildman–Crippen LogP) is 0.881. The van der Waals surface area contributed by atoms with Crippen LogP contribution in [-0.4, -0.2) is 65.4 Å². The minimum absolute atomic E-state index is 0.0546. The van der Waals surface area contributed by atoms with Crippen LogP contribution in [0.1, 0.15) is 16.9 Å². The van der Waals surface area contributed by atoms with Gasteiger partial charge < -0.3 is 10.2 Å². The van der Waals surface area contributed by atoms with Crippen molar-refractivity contribution in [1.29, 1.82) is 0 Å². The van der Waals surface area contributed by atoms with Gasteiger partial charge in [0.2, 0.25) is 5.91 Å². The number of rotatable bonds is 1. The Kier molecular flexibility index (Phi) is 3.90. The van der Waals surface area contributed by atoms with Gasteiger partial charge in [0.1, 0.15) is 5.69 Å². The van der Waals surface area contributed by atoms with Crippen molar-refractivity contribution in [2.45, 2.75) is 12.5 Å².